The van der Waals surface area contributed by atoms with Gasteiger partial charge in [0.2, 0.25) is 0 Å². The smallest absolute Gasteiger partial charge is 0.110 e. The van der Waals surface area contributed by atoms with Crippen molar-refractivity contribution >= 4 is 0 Å². The first-order valence-electron chi connectivity index (χ1n) is 4.18. The number of aromatic nitrogens is 3. The lowest BCUT2D eigenvalue weighted by molar-refractivity contribution is 0.915. The van der Waals surface area contributed by atoms with Gasteiger partial charge in [0.15, 0.2) is 0 Å². The third-order valence-electron chi connectivity index (χ3n) is 2.00. The summed E-state index contributed by atoms with van der Waals surface area (Å²) in [5.74, 6) is 0. The molecule has 0 N–H and O–H groups in total. The second-order valence-electron chi connectivity index (χ2n) is 3.12. The highest BCUT2D eigenvalue weighted by atomic mass is 15.1. The fourth-order valence-corrected chi connectivity index (χ4v) is 1.32. The van der Waals surface area contributed by atoms with Gasteiger partial charge in [-0.25, -0.2) is 0 Å². The van der Waals surface area contributed by atoms with Crippen LogP contribution in [0, 0.1) is 6.92 Å². The molecule has 2 aromatic heterocycles. The zero-order valence-electron chi connectivity index (χ0n) is 7.73. The molecule has 0 bridgehead atoms. The van der Waals surface area contributed by atoms with Crippen LogP contribution < -0.4 is 0 Å². The van der Waals surface area contributed by atoms with Crippen LogP contribution >= 0.6 is 0 Å². The molecule has 0 spiro atoms. The lowest BCUT2D eigenvalue weighted by atomic mass is 10.2. The van der Waals surface area contributed by atoms with Crippen LogP contribution in [-0.4, -0.2) is 14.8 Å². The first kappa shape index (κ1) is 7.98. The first-order valence-corrected chi connectivity index (χ1v) is 4.18. The van der Waals surface area contributed by atoms with Crippen molar-refractivity contribution in [3.63, 3.8) is 0 Å². The summed E-state index contributed by atoms with van der Waals surface area (Å²) >= 11 is 0. The molecule has 2 rings (SSSR count). The zero-order chi connectivity index (χ0) is 9.26. The Morgan fingerprint density at radius 1 is 1.38 bits per heavy atom. The Morgan fingerprint density at radius 3 is 2.85 bits per heavy atom. The van der Waals surface area contributed by atoms with Crippen LogP contribution in [0.2, 0.25) is 0 Å². The largest absolute Gasteiger partial charge is 0.349 e. The van der Waals surface area contributed by atoms with Crippen LogP contribution in [0.1, 0.15) is 5.56 Å². The topological polar surface area (TPSA) is 30.7 Å². The first-order chi connectivity index (χ1) is 6.27. The van der Waals surface area contributed by atoms with E-state index in [2.05, 4.69) is 10.2 Å². The van der Waals surface area contributed by atoms with Crippen molar-refractivity contribution in [3.8, 4) is 11.4 Å². The van der Waals surface area contributed by atoms with Gasteiger partial charge in [-0.2, -0.15) is 5.10 Å². The summed E-state index contributed by atoms with van der Waals surface area (Å²) in [5, 5.41) is 7.99. The molecule has 0 saturated carbocycles. The van der Waals surface area contributed by atoms with Crippen LogP contribution in [-0.2, 0) is 7.05 Å². The molecular weight excluding hydrogens is 162 g/mol. The van der Waals surface area contributed by atoms with Crippen molar-refractivity contribution in [1.82, 2.24) is 14.8 Å². The Labute approximate surface area is 77.0 Å². The average molecular weight is 173 g/mol. The van der Waals surface area contributed by atoms with Gasteiger partial charge in [-0.15, -0.1) is 5.10 Å². The maximum Gasteiger partial charge on any atom is 0.110 e. The molecule has 0 amide bonds. The summed E-state index contributed by atoms with van der Waals surface area (Å²) < 4.78 is 2.03. The molecule has 0 aliphatic rings. The van der Waals surface area contributed by atoms with Gasteiger partial charge in [-0.3, -0.25) is 0 Å². The van der Waals surface area contributed by atoms with E-state index in [0.717, 1.165) is 17.0 Å². The molecule has 3 nitrogen and oxygen atoms in total. The van der Waals surface area contributed by atoms with Crippen LogP contribution in [0.15, 0.2) is 30.6 Å². The average Bonchev–Trinajstić information content (AvgIpc) is 2.51. The maximum atomic E-state index is 4.07. The molecule has 3 heteroatoms. The maximum absolute atomic E-state index is 4.07. The van der Waals surface area contributed by atoms with Crippen molar-refractivity contribution in [2.24, 2.45) is 7.05 Å². The van der Waals surface area contributed by atoms with E-state index in [1.54, 1.807) is 6.20 Å². The van der Waals surface area contributed by atoms with Gasteiger partial charge >= 0.3 is 0 Å². The van der Waals surface area contributed by atoms with E-state index in [9.17, 15) is 0 Å². The molecule has 2 heterocycles. The van der Waals surface area contributed by atoms with Crippen LogP contribution in [0.4, 0.5) is 0 Å². The zero-order valence-corrected chi connectivity index (χ0v) is 7.73. The van der Waals surface area contributed by atoms with E-state index >= 15 is 0 Å². The van der Waals surface area contributed by atoms with Crippen LogP contribution in [0.3, 0.4) is 0 Å². The quantitative estimate of drug-likeness (QED) is 0.658. The third-order valence-corrected chi connectivity index (χ3v) is 2.00. The second-order valence-corrected chi connectivity index (χ2v) is 3.12. The summed E-state index contributed by atoms with van der Waals surface area (Å²) in [6.45, 7) is 2.02. The number of hydrogen-bond acceptors (Lipinski definition) is 2. The normalized spacial score (nSPS) is 10.3. The molecule has 0 aromatic carbocycles. The molecule has 2 aromatic rings. The Balaban J connectivity index is 2.53. The van der Waals surface area contributed by atoms with Crippen LogP contribution in [0.25, 0.3) is 11.4 Å². The molecule has 0 aliphatic heterocycles. The lowest BCUT2D eigenvalue weighted by Crippen LogP contribution is -1.94. The fraction of sp³-hybridized carbons (Fsp3) is 0.200. The Bertz CT molecular complexity index is 418. The number of hydrogen-bond donors (Lipinski definition) is 0. The minimum atomic E-state index is 0.924. The highest BCUT2D eigenvalue weighted by molar-refractivity contribution is 5.54. The van der Waals surface area contributed by atoms with Gasteiger partial charge < -0.3 is 4.57 Å². The SMILES string of the molecule is Cc1cnnc(-c2cccn2C)c1. The van der Waals surface area contributed by atoms with Gasteiger partial charge in [0, 0.05) is 13.2 Å². The van der Waals surface area contributed by atoms with Crippen molar-refractivity contribution in [2.75, 3.05) is 0 Å². The Hall–Kier alpha value is -1.64. The highest BCUT2D eigenvalue weighted by Gasteiger charge is 2.02. The Kier molecular flexibility index (Phi) is 1.85. The summed E-state index contributed by atoms with van der Waals surface area (Å²) in [4.78, 5) is 0. The van der Waals surface area contributed by atoms with Crippen LogP contribution in [0.5, 0.6) is 0 Å². The molecule has 0 saturated heterocycles. The number of nitrogens with zero attached hydrogens (tertiary/aromatic N) is 3. The van der Waals surface area contributed by atoms with E-state index in [1.165, 1.54) is 0 Å². The molecule has 0 unspecified atom stereocenters. The van der Waals surface area contributed by atoms with E-state index in [-0.39, 0.29) is 0 Å². The monoisotopic (exact) mass is 173 g/mol. The van der Waals surface area contributed by atoms with Crippen molar-refractivity contribution in [2.45, 2.75) is 6.92 Å². The molecule has 0 aliphatic carbocycles. The van der Waals surface area contributed by atoms with E-state index < -0.39 is 0 Å². The lowest BCUT2D eigenvalue weighted by Gasteiger charge is -2.01. The van der Waals surface area contributed by atoms with E-state index in [1.807, 2.05) is 42.9 Å². The summed E-state index contributed by atoms with van der Waals surface area (Å²) in [6.07, 6.45) is 3.76. The van der Waals surface area contributed by atoms with E-state index in [4.69, 9.17) is 0 Å². The molecule has 13 heavy (non-hydrogen) atoms. The highest BCUT2D eigenvalue weighted by Crippen LogP contribution is 2.16. The minimum Gasteiger partial charge on any atom is -0.349 e. The predicted molar refractivity (Wildman–Crippen MR) is 51.2 cm³/mol. The predicted octanol–water partition coefficient (Wildman–Crippen LogP) is 1.79. The van der Waals surface area contributed by atoms with Gasteiger partial charge in [-0.1, -0.05) is 0 Å². The summed E-state index contributed by atoms with van der Waals surface area (Å²) in [6, 6.07) is 6.06. The van der Waals surface area contributed by atoms with Gasteiger partial charge in [0.25, 0.3) is 0 Å². The molecule has 66 valence electrons. The van der Waals surface area contributed by atoms with Gasteiger partial charge in [-0.05, 0) is 30.7 Å². The summed E-state index contributed by atoms with van der Waals surface area (Å²) in [5.41, 5.74) is 3.15. The molecule has 0 radical (unpaired) electrons. The molecule has 0 atom stereocenters. The van der Waals surface area contributed by atoms with Gasteiger partial charge in [0.1, 0.15) is 5.69 Å². The minimum absolute atomic E-state index is 0.924. The standard InChI is InChI=1S/C10H11N3/c1-8-6-9(12-11-7-8)10-4-3-5-13(10)2/h3-7H,1-2H3. The van der Waals surface area contributed by atoms with Gasteiger partial charge in [0.05, 0.1) is 11.9 Å². The van der Waals surface area contributed by atoms with E-state index in [0.29, 0.717) is 0 Å². The second kappa shape index (κ2) is 3.01. The fourth-order valence-electron chi connectivity index (χ4n) is 1.32. The number of aryl methyl sites for hydroxylation is 2. The number of rotatable bonds is 1. The molecular formula is C10H11N3. The Morgan fingerprint density at radius 2 is 2.23 bits per heavy atom. The van der Waals surface area contributed by atoms with Crippen molar-refractivity contribution < 1.29 is 0 Å². The summed E-state index contributed by atoms with van der Waals surface area (Å²) in [7, 11) is 2.00. The molecule has 0 fully saturated rings. The third kappa shape index (κ3) is 1.45. The van der Waals surface area contributed by atoms with Crippen molar-refractivity contribution in [1.29, 1.82) is 0 Å². The van der Waals surface area contributed by atoms with Crippen molar-refractivity contribution in [3.05, 3.63) is 36.2 Å².